The molecule has 4 N–H and O–H groups in total. The average molecular weight is 324 g/mol. The van der Waals surface area contributed by atoms with Crippen molar-refractivity contribution in [2.75, 3.05) is 11.0 Å². The Kier molecular flexibility index (Phi) is 4.81. The summed E-state index contributed by atoms with van der Waals surface area (Å²) in [6.45, 7) is 0. The topological polar surface area (TPSA) is 83.0 Å². The summed E-state index contributed by atoms with van der Waals surface area (Å²) in [5.41, 5.74) is 5.06. The number of benzene rings is 3. The third-order valence-corrected chi connectivity index (χ3v) is 3.30. The van der Waals surface area contributed by atoms with E-state index in [1.807, 2.05) is 12.1 Å². The van der Waals surface area contributed by atoms with Crippen LogP contribution in [0.15, 0.2) is 72.8 Å². The Morgan fingerprint density at radius 3 is 1.21 bits per heavy atom. The molecule has 0 radical (unpaired) electrons. The quantitative estimate of drug-likeness (QED) is 0.484. The fraction of sp³-hybridized carbons (Fsp3) is 0. The van der Waals surface area contributed by atoms with E-state index in [4.69, 9.17) is 9.47 Å². The molecule has 6 heteroatoms. The molecule has 0 aromatic heterocycles. The van der Waals surface area contributed by atoms with Gasteiger partial charge in [0.2, 0.25) is 0 Å². The highest BCUT2D eigenvalue weighted by Gasteiger charge is 2.11. The minimum atomic E-state index is 0.435. The van der Waals surface area contributed by atoms with Crippen molar-refractivity contribution in [1.82, 2.24) is 0 Å². The van der Waals surface area contributed by atoms with Crippen molar-refractivity contribution in [3.05, 3.63) is 72.8 Å². The van der Waals surface area contributed by atoms with E-state index in [0.717, 1.165) is 0 Å². The monoisotopic (exact) mass is 324 g/mol. The normalized spacial score (nSPS) is 10.1. The molecule has 122 valence electrons. The summed E-state index contributed by atoms with van der Waals surface area (Å²) in [4.78, 5) is 0. The maximum absolute atomic E-state index is 9.17. The molecule has 0 saturated carbocycles. The van der Waals surface area contributed by atoms with E-state index in [1.165, 1.54) is 0 Å². The summed E-state index contributed by atoms with van der Waals surface area (Å²) in [5.74, 6) is 1.83. The molecular weight excluding hydrogens is 308 g/mol. The van der Waals surface area contributed by atoms with Crippen LogP contribution in [-0.4, -0.2) is 10.4 Å². The minimum absolute atomic E-state index is 0.435. The lowest BCUT2D eigenvalue weighted by Crippen LogP contribution is -1.97. The van der Waals surface area contributed by atoms with E-state index in [2.05, 4.69) is 11.0 Å². The molecule has 0 saturated heterocycles. The van der Waals surface area contributed by atoms with Crippen molar-refractivity contribution in [3.63, 3.8) is 0 Å². The summed E-state index contributed by atoms with van der Waals surface area (Å²) < 4.78 is 11.7. The average Bonchev–Trinajstić information content (AvgIpc) is 2.64. The molecule has 0 fully saturated rings. The van der Waals surface area contributed by atoms with Crippen LogP contribution in [0.3, 0.4) is 0 Å². The summed E-state index contributed by atoms with van der Waals surface area (Å²) in [5, 5.41) is 18.3. The third-order valence-electron chi connectivity index (χ3n) is 3.30. The van der Waals surface area contributed by atoms with Crippen LogP contribution in [0.5, 0.6) is 23.0 Å². The zero-order valence-electron chi connectivity index (χ0n) is 12.6. The number of hydrogen-bond acceptors (Lipinski definition) is 6. The fourth-order valence-electron chi connectivity index (χ4n) is 2.15. The Morgan fingerprint density at radius 2 is 0.833 bits per heavy atom. The molecule has 3 rings (SSSR count). The molecule has 0 aliphatic rings. The van der Waals surface area contributed by atoms with Crippen LogP contribution in [0.2, 0.25) is 0 Å². The molecule has 0 bridgehead atoms. The van der Waals surface area contributed by atoms with Gasteiger partial charge in [-0.25, -0.2) is 0 Å². The van der Waals surface area contributed by atoms with Crippen molar-refractivity contribution in [1.29, 1.82) is 0 Å². The smallest absolute Gasteiger partial charge is 0.170 e. The van der Waals surface area contributed by atoms with Gasteiger partial charge in [0.05, 0.1) is 0 Å². The summed E-state index contributed by atoms with van der Waals surface area (Å²) in [7, 11) is 0. The number of ether oxygens (including phenoxy) is 2. The Hall–Kier alpha value is -3.22. The molecule has 0 aliphatic heterocycles. The zero-order valence-corrected chi connectivity index (χ0v) is 12.6. The van der Waals surface area contributed by atoms with Gasteiger partial charge in [-0.1, -0.05) is 36.4 Å². The number of rotatable bonds is 6. The van der Waals surface area contributed by atoms with Crippen LogP contribution < -0.4 is 20.4 Å². The first-order valence-corrected chi connectivity index (χ1v) is 7.25. The van der Waals surface area contributed by atoms with Crippen LogP contribution in [0.1, 0.15) is 0 Å². The summed E-state index contributed by atoms with van der Waals surface area (Å²) in [6, 6.07) is 21.1. The van der Waals surface area contributed by atoms with E-state index < -0.39 is 0 Å². The van der Waals surface area contributed by atoms with Crippen LogP contribution in [0.25, 0.3) is 0 Å². The second kappa shape index (κ2) is 7.36. The second-order valence-corrected chi connectivity index (χ2v) is 4.87. The van der Waals surface area contributed by atoms with Gasteiger partial charge in [0.15, 0.2) is 23.0 Å². The second-order valence-electron chi connectivity index (χ2n) is 4.87. The molecule has 24 heavy (non-hydrogen) atoms. The van der Waals surface area contributed by atoms with Crippen molar-refractivity contribution in [3.8, 4) is 23.0 Å². The zero-order chi connectivity index (χ0) is 16.8. The molecule has 0 spiro atoms. The van der Waals surface area contributed by atoms with Crippen molar-refractivity contribution >= 4 is 11.4 Å². The first-order valence-electron chi connectivity index (χ1n) is 7.25. The molecule has 0 aliphatic carbocycles. The number of nitrogens with one attached hydrogen (secondary N) is 2. The van der Waals surface area contributed by atoms with Gasteiger partial charge in [-0.3, -0.25) is 21.4 Å². The molecule has 6 nitrogen and oxygen atoms in total. The van der Waals surface area contributed by atoms with Crippen molar-refractivity contribution in [2.24, 2.45) is 0 Å². The standard InChI is InChI=1S/C18H16N2O4/c21-19-13-7-1-3-9-15(13)23-17-11-5-6-12-18(17)24-16-10-4-2-8-14(16)20-22/h1-12,19-22H. The highest BCUT2D eigenvalue weighted by Crippen LogP contribution is 2.38. The van der Waals surface area contributed by atoms with Gasteiger partial charge in [-0.2, -0.15) is 0 Å². The lowest BCUT2D eigenvalue weighted by molar-refractivity contribution is 0.374. The minimum Gasteiger partial charge on any atom is -0.451 e. The predicted molar refractivity (Wildman–Crippen MR) is 90.3 cm³/mol. The number of anilines is 2. The van der Waals surface area contributed by atoms with Crippen molar-refractivity contribution < 1.29 is 19.9 Å². The van der Waals surface area contributed by atoms with Gasteiger partial charge in [-0.15, -0.1) is 0 Å². The Morgan fingerprint density at radius 1 is 0.500 bits per heavy atom. The molecule has 0 atom stereocenters. The van der Waals surface area contributed by atoms with Crippen LogP contribution in [0.4, 0.5) is 11.4 Å². The molecule has 3 aromatic rings. The van der Waals surface area contributed by atoms with Gasteiger partial charge in [-0.05, 0) is 36.4 Å². The number of para-hydroxylation sites is 6. The van der Waals surface area contributed by atoms with Crippen LogP contribution >= 0.6 is 0 Å². The van der Waals surface area contributed by atoms with Gasteiger partial charge in [0.1, 0.15) is 11.4 Å². The van der Waals surface area contributed by atoms with Gasteiger partial charge >= 0.3 is 0 Å². The van der Waals surface area contributed by atoms with E-state index in [0.29, 0.717) is 34.4 Å². The van der Waals surface area contributed by atoms with E-state index in [1.54, 1.807) is 60.7 Å². The summed E-state index contributed by atoms with van der Waals surface area (Å²) in [6.07, 6.45) is 0. The van der Waals surface area contributed by atoms with Crippen LogP contribution in [0, 0.1) is 0 Å². The highest BCUT2D eigenvalue weighted by molar-refractivity contribution is 5.59. The van der Waals surface area contributed by atoms with E-state index in [-0.39, 0.29) is 0 Å². The molecule has 0 amide bonds. The predicted octanol–water partition coefficient (Wildman–Crippen LogP) is 4.87. The first kappa shape index (κ1) is 15.7. The summed E-state index contributed by atoms with van der Waals surface area (Å²) >= 11 is 0. The molecule has 3 aromatic carbocycles. The van der Waals surface area contributed by atoms with Gasteiger partial charge in [0.25, 0.3) is 0 Å². The molecular formula is C18H16N2O4. The van der Waals surface area contributed by atoms with Gasteiger partial charge in [0, 0.05) is 0 Å². The van der Waals surface area contributed by atoms with Crippen molar-refractivity contribution in [2.45, 2.75) is 0 Å². The number of hydrogen-bond donors (Lipinski definition) is 4. The first-order chi connectivity index (χ1) is 11.8. The van der Waals surface area contributed by atoms with E-state index >= 15 is 0 Å². The Labute approximate surface area is 138 Å². The lowest BCUT2D eigenvalue weighted by Gasteiger charge is -2.15. The van der Waals surface area contributed by atoms with Gasteiger partial charge < -0.3 is 9.47 Å². The molecule has 0 heterocycles. The highest BCUT2D eigenvalue weighted by atomic mass is 16.5. The maximum atomic E-state index is 9.17. The SMILES string of the molecule is ONc1ccccc1Oc1ccccc1Oc1ccccc1NO. The van der Waals surface area contributed by atoms with Crippen LogP contribution in [-0.2, 0) is 0 Å². The third kappa shape index (κ3) is 3.40. The fourth-order valence-corrected chi connectivity index (χ4v) is 2.15. The van der Waals surface area contributed by atoms with E-state index in [9.17, 15) is 10.4 Å². The Bertz CT molecular complexity index is 755. The maximum Gasteiger partial charge on any atom is 0.170 e. The lowest BCUT2D eigenvalue weighted by atomic mass is 10.2. The molecule has 0 unspecified atom stereocenters. The Balaban J connectivity index is 1.91. The largest absolute Gasteiger partial charge is 0.451 e.